The molecule has 6 nitrogen and oxygen atoms in total. The van der Waals surface area contributed by atoms with Crippen LogP contribution in [0, 0.1) is 11.8 Å². The first-order valence-corrected chi connectivity index (χ1v) is 12.1. The monoisotopic (exact) mass is 461 g/mol. The number of rotatable bonds is 5. The quantitative estimate of drug-likeness (QED) is 0.532. The minimum absolute atomic E-state index is 0.0242. The van der Waals surface area contributed by atoms with Gasteiger partial charge in [-0.25, -0.2) is 4.79 Å². The molecule has 180 valence electrons. The van der Waals surface area contributed by atoms with E-state index in [9.17, 15) is 9.59 Å². The van der Waals surface area contributed by atoms with Crippen LogP contribution in [-0.2, 0) is 16.1 Å². The summed E-state index contributed by atoms with van der Waals surface area (Å²) >= 11 is 0. The van der Waals surface area contributed by atoms with Crippen molar-refractivity contribution >= 4 is 22.9 Å². The average Bonchev–Trinajstić information content (AvgIpc) is 3.22. The number of fused-ring (bicyclic) bond motifs is 1. The number of nitrogens with one attached hydrogen (secondary N) is 2. The van der Waals surface area contributed by atoms with Crippen LogP contribution in [0.2, 0.25) is 0 Å². The number of carbonyl (C=O) groups is 2. The van der Waals surface area contributed by atoms with Gasteiger partial charge in [0.05, 0.1) is 5.52 Å². The van der Waals surface area contributed by atoms with Gasteiger partial charge in [-0.15, -0.1) is 0 Å². The molecule has 0 radical (unpaired) electrons. The number of carbonyl (C=O) groups excluding carboxylic acids is 2. The van der Waals surface area contributed by atoms with E-state index >= 15 is 0 Å². The number of amides is 1. The predicted octanol–water partition coefficient (Wildman–Crippen LogP) is 5.42. The van der Waals surface area contributed by atoms with Crippen LogP contribution in [0.15, 0.2) is 60.8 Å². The highest BCUT2D eigenvalue weighted by atomic mass is 16.6. The van der Waals surface area contributed by atoms with Crippen LogP contribution >= 0.6 is 0 Å². The number of benzene rings is 2. The molecule has 3 aromatic rings. The fourth-order valence-corrected chi connectivity index (χ4v) is 4.81. The predicted molar refractivity (Wildman–Crippen MR) is 134 cm³/mol. The maximum absolute atomic E-state index is 13.2. The zero-order valence-corrected chi connectivity index (χ0v) is 20.5. The second-order valence-corrected chi connectivity index (χ2v) is 10.1. The lowest BCUT2D eigenvalue weighted by Gasteiger charge is -2.36. The van der Waals surface area contributed by atoms with E-state index in [-0.39, 0.29) is 23.8 Å². The van der Waals surface area contributed by atoms with E-state index in [0.717, 1.165) is 35.0 Å². The van der Waals surface area contributed by atoms with Gasteiger partial charge in [0.15, 0.2) is 0 Å². The lowest BCUT2D eigenvalue weighted by atomic mass is 9.79. The second kappa shape index (κ2) is 10.0. The molecule has 34 heavy (non-hydrogen) atoms. The zero-order valence-electron chi connectivity index (χ0n) is 20.5. The summed E-state index contributed by atoms with van der Waals surface area (Å²) in [6.07, 6.45) is 3.10. The molecule has 2 aromatic carbocycles. The molecule has 1 aliphatic heterocycles. The summed E-state index contributed by atoms with van der Waals surface area (Å²) in [6.45, 7) is 9.02. The second-order valence-electron chi connectivity index (χ2n) is 10.1. The fraction of sp³-hybridized carbons (Fsp3) is 0.429. The number of para-hydroxylation sites is 1. The first-order chi connectivity index (χ1) is 16.3. The van der Waals surface area contributed by atoms with Gasteiger partial charge in [-0.3, -0.25) is 9.36 Å². The molecular weight excluding hydrogens is 426 g/mol. The molecule has 0 bridgehead atoms. The van der Waals surface area contributed by atoms with E-state index in [1.54, 1.807) is 4.57 Å². The molecule has 1 saturated heterocycles. The zero-order chi connectivity index (χ0) is 24.3. The lowest BCUT2D eigenvalue weighted by Crippen LogP contribution is -2.45. The Labute approximate surface area is 201 Å². The van der Waals surface area contributed by atoms with E-state index in [2.05, 4.69) is 17.6 Å². The van der Waals surface area contributed by atoms with Crippen LogP contribution in [0.4, 0.5) is 4.79 Å². The minimum Gasteiger partial charge on any atom is -0.443 e. The number of hydrogen-bond donors (Lipinski definition) is 2. The van der Waals surface area contributed by atoms with Crippen LogP contribution < -0.4 is 10.6 Å². The third-order valence-corrected chi connectivity index (χ3v) is 6.56. The van der Waals surface area contributed by atoms with Gasteiger partial charge in [-0.1, -0.05) is 61.9 Å². The molecule has 2 heterocycles. The topological polar surface area (TPSA) is 72.4 Å². The van der Waals surface area contributed by atoms with E-state index in [4.69, 9.17) is 4.74 Å². The van der Waals surface area contributed by atoms with E-state index in [1.165, 1.54) is 0 Å². The Balaban J connectivity index is 1.57. The summed E-state index contributed by atoms with van der Waals surface area (Å²) in [6, 6.07) is 17.8. The van der Waals surface area contributed by atoms with Crippen molar-refractivity contribution in [2.24, 2.45) is 11.8 Å². The maximum atomic E-state index is 13.2. The van der Waals surface area contributed by atoms with Crippen molar-refractivity contribution in [1.29, 1.82) is 0 Å². The Morgan fingerprint density at radius 1 is 1.09 bits per heavy atom. The summed E-state index contributed by atoms with van der Waals surface area (Å²) in [4.78, 5) is 26.2. The Kier molecular flexibility index (Phi) is 7.08. The molecule has 0 unspecified atom stereocenters. The SMILES string of the molecule is CC[C@@H]1CN[C@H](c2cn(C(=O)OC(C)(C)C)c3ccccc23)C[C@@H]1C(=O)NCc1ccccc1. The molecular formula is C28H35N3O3. The van der Waals surface area contributed by atoms with Crippen LogP contribution in [0.25, 0.3) is 10.9 Å². The van der Waals surface area contributed by atoms with E-state index < -0.39 is 11.7 Å². The highest BCUT2D eigenvalue weighted by Crippen LogP contribution is 2.36. The van der Waals surface area contributed by atoms with Crippen molar-refractivity contribution in [3.05, 3.63) is 71.9 Å². The summed E-state index contributed by atoms with van der Waals surface area (Å²) in [5.41, 5.74) is 2.35. The average molecular weight is 462 g/mol. The van der Waals surface area contributed by atoms with Gasteiger partial charge in [0, 0.05) is 30.1 Å². The fourth-order valence-electron chi connectivity index (χ4n) is 4.81. The first-order valence-electron chi connectivity index (χ1n) is 12.1. The van der Waals surface area contributed by atoms with Gasteiger partial charge in [0.25, 0.3) is 0 Å². The van der Waals surface area contributed by atoms with Crippen molar-refractivity contribution in [2.75, 3.05) is 6.54 Å². The van der Waals surface area contributed by atoms with Gasteiger partial charge in [0.2, 0.25) is 5.91 Å². The van der Waals surface area contributed by atoms with Crippen LogP contribution in [-0.4, -0.2) is 28.7 Å². The molecule has 2 N–H and O–H groups in total. The Bertz CT molecular complexity index is 1150. The smallest absolute Gasteiger partial charge is 0.419 e. The molecule has 6 heteroatoms. The third kappa shape index (κ3) is 5.33. The molecule has 1 aromatic heterocycles. The van der Waals surface area contributed by atoms with Crippen LogP contribution in [0.1, 0.15) is 57.7 Å². The van der Waals surface area contributed by atoms with Crippen LogP contribution in [0.5, 0.6) is 0 Å². The number of ether oxygens (including phenoxy) is 1. The minimum atomic E-state index is -0.581. The number of hydrogen-bond acceptors (Lipinski definition) is 4. The van der Waals surface area contributed by atoms with Gasteiger partial charge < -0.3 is 15.4 Å². The molecule has 0 saturated carbocycles. The van der Waals surface area contributed by atoms with Crippen molar-refractivity contribution < 1.29 is 14.3 Å². The number of nitrogens with zero attached hydrogens (tertiary/aromatic N) is 1. The standard InChI is InChI=1S/C28H35N3O3/c1-5-20-17-29-24(15-22(20)26(32)30-16-19-11-7-6-8-12-19)23-18-31(27(33)34-28(2,3)4)25-14-10-9-13-21(23)25/h6-14,18,20,22,24,29H,5,15-17H2,1-4H3,(H,30,32)/t20-,22+,24+/m1/s1. The number of piperidine rings is 1. The van der Waals surface area contributed by atoms with Crippen molar-refractivity contribution in [3.63, 3.8) is 0 Å². The van der Waals surface area contributed by atoms with Crippen molar-refractivity contribution in [1.82, 2.24) is 15.2 Å². The van der Waals surface area contributed by atoms with E-state index in [0.29, 0.717) is 13.0 Å². The summed E-state index contributed by atoms with van der Waals surface area (Å²) in [5.74, 6) is 0.271. The highest BCUT2D eigenvalue weighted by Gasteiger charge is 2.36. The van der Waals surface area contributed by atoms with Crippen molar-refractivity contribution in [3.8, 4) is 0 Å². The van der Waals surface area contributed by atoms with Gasteiger partial charge in [-0.2, -0.15) is 0 Å². The van der Waals surface area contributed by atoms with Gasteiger partial charge in [-0.05, 0) is 56.8 Å². The molecule has 1 fully saturated rings. The molecule has 0 spiro atoms. The highest BCUT2D eigenvalue weighted by molar-refractivity contribution is 5.92. The summed E-state index contributed by atoms with van der Waals surface area (Å²) in [7, 11) is 0. The molecule has 4 rings (SSSR count). The van der Waals surface area contributed by atoms with Gasteiger partial charge >= 0.3 is 6.09 Å². The molecule has 3 atom stereocenters. The van der Waals surface area contributed by atoms with E-state index in [1.807, 2.05) is 81.6 Å². The Morgan fingerprint density at radius 2 is 1.79 bits per heavy atom. The molecule has 1 aliphatic rings. The van der Waals surface area contributed by atoms with Crippen molar-refractivity contribution in [2.45, 2.75) is 58.7 Å². The summed E-state index contributed by atoms with van der Waals surface area (Å²) < 4.78 is 7.23. The normalized spacial score (nSPS) is 20.8. The number of aromatic nitrogens is 1. The first kappa shape index (κ1) is 24.0. The molecule has 0 aliphatic carbocycles. The largest absolute Gasteiger partial charge is 0.443 e. The molecule has 1 amide bonds. The Hall–Kier alpha value is -3.12. The summed E-state index contributed by atoms with van der Waals surface area (Å²) in [5, 5.41) is 7.79. The van der Waals surface area contributed by atoms with Crippen LogP contribution in [0.3, 0.4) is 0 Å². The lowest BCUT2D eigenvalue weighted by molar-refractivity contribution is -0.128. The Morgan fingerprint density at radius 3 is 2.50 bits per heavy atom. The van der Waals surface area contributed by atoms with Gasteiger partial charge in [0.1, 0.15) is 5.60 Å². The third-order valence-electron chi connectivity index (χ3n) is 6.56. The maximum Gasteiger partial charge on any atom is 0.419 e.